The Morgan fingerprint density at radius 2 is 2.35 bits per heavy atom. The number of ether oxygens (including phenoxy) is 2. The molecule has 0 saturated heterocycles. The maximum Gasteiger partial charge on any atom is 0.152 e. The van der Waals surface area contributed by atoms with Crippen molar-refractivity contribution in [2.24, 2.45) is 0 Å². The Morgan fingerprint density at radius 3 is 3.00 bits per heavy atom. The van der Waals surface area contributed by atoms with E-state index in [1.54, 1.807) is 13.3 Å². The lowest BCUT2D eigenvalue weighted by atomic mass is 9.96. The van der Waals surface area contributed by atoms with Crippen molar-refractivity contribution in [2.45, 2.75) is 18.6 Å². The highest BCUT2D eigenvalue weighted by Gasteiger charge is 2.30. The molecule has 4 nitrogen and oxygen atoms in total. The van der Waals surface area contributed by atoms with Gasteiger partial charge >= 0.3 is 0 Å². The third-order valence-corrected chi connectivity index (χ3v) is 4.64. The molecule has 1 N–H and O–H groups in total. The first kappa shape index (κ1) is 13.7. The molecule has 3 rings (SSSR count). The Hall–Kier alpha value is -1.30. The number of fused-ring (bicyclic) bond motifs is 1. The van der Waals surface area contributed by atoms with Crippen LogP contribution < -0.4 is 14.8 Å². The van der Waals surface area contributed by atoms with Crippen LogP contribution in [-0.2, 0) is 0 Å². The van der Waals surface area contributed by atoms with Gasteiger partial charge in [0.15, 0.2) is 6.10 Å². The second kappa shape index (κ2) is 5.60. The Balaban J connectivity index is 1.95. The van der Waals surface area contributed by atoms with Gasteiger partial charge in [-0.15, -0.1) is 11.3 Å². The summed E-state index contributed by atoms with van der Waals surface area (Å²) in [6.07, 6.45) is 2.42. The molecule has 0 radical (unpaired) electrons. The molecule has 2 atom stereocenters. The molecule has 0 aliphatic carbocycles. The van der Waals surface area contributed by atoms with Crippen LogP contribution in [0.3, 0.4) is 0 Å². The van der Waals surface area contributed by atoms with Gasteiger partial charge in [0.05, 0.1) is 13.3 Å². The summed E-state index contributed by atoms with van der Waals surface area (Å²) in [5.74, 6) is 1.63. The lowest BCUT2D eigenvalue weighted by Crippen LogP contribution is -2.26. The van der Waals surface area contributed by atoms with E-state index < -0.39 is 0 Å². The molecule has 106 valence electrons. The van der Waals surface area contributed by atoms with Crippen molar-refractivity contribution in [1.29, 1.82) is 0 Å². The average Bonchev–Trinajstić information content (AvgIpc) is 2.92. The van der Waals surface area contributed by atoms with Crippen LogP contribution in [0.5, 0.6) is 11.5 Å². The molecule has 1 aromatic heterocycles. The van der Waals surface area contributed by atoms with Crippen molar-refractivity contribution < 1.29 is 9.47 Å². The molecule has 0 spiro atoms. The molecular formula is C14H15ClN2O2S. The van der Waals surface area contributed by atoms with E-state index in [1.165, 1.54) is 11.3 Å². The number of hydrogen-bond acceptors (Lipinski definition) is 5. The van der Waals surface area contributed by atoms with Crippen molar-refractivity contribution in [2.75, 3.05) is 14.2 Å². The van der Waals surface area contributed by atoms with Crippen molar-refractivity contribution in [3.05, 3.63) is 39.3 Å². The highest BCUT2D eigenvalue weighted by atomic mass is 35.5. The van der Waals surface area contributed by atoms with Crippen molar-refractivity contribution in [3.8, 4) is 11.5 Å². The molecule has 20 heavy (non-hydrogen) atoms. The third kappa shape index (κ3) is 2.49. The summed E-state index contributed by atoms with van der Waals surface area (Å²) < 4.78 is 12.0. The normalized spacial score (nSPS) is 21.1. The summed E-state index contributed by atoms with van der Waals surface area (Å²) in [4.78, 5) is 4.33. The zero-order chi connectivity index (χ0) is 14.1. The fraction of sp³-hybridized carbons (Fsp3) is 0.357. The number of aromatic nitrogens is 1. The van der Waals surface area contributed by atoms with Crippen LogP contribution in [0, 0.1) is 0 Å². The summed E-state index contributed by atoms with van der Waals surface area (Å²) >= 11 is 7.42. The Morgan fingerprint density at radius 1 is 1.50 bits per heavy atom. The topological polar surface area (TPSA) is 43.4 Å². The zero-order valence-electron chi connectivity index (χ0n) is 11.2. The second-order valence-corrected chi connectivity index (χ2v) is 6.28. The van der Waals surface area contributed by atoms with E-state index in [9.17, 15) is 0 Å². The number of thiazole rings is 1. The minimum Gasteiger partial charge on any atom is -0.497 e. The van der Waals surface area contributed by atoms with E-state index in [0.29, 0.717) is 4.34 Å². The van der Waals surface area contributed by atoms with Crippen LogP contribution in [0.1, 0.15) is 29.1 Å². The first-order valence-electron chi connectivity index (χ1n) is 6.34. The quantitative estimate of drug-likeness (QED) is 0.941. The Kier molecular flexibility index (Phi) is 3.83. The van der Waals surface area contributed by atoms with E-state index in [-0.39, 0.29) is 12.1 Å². The predicted molar refractivity (Wildman–Crippen MR) is 79.9 cm³/mol. The van der Waals surface area contributed by atoms with E-state index in [4.69, 9.17) is 21.1 Å². The van der Waals surface area contributed by atoms with Crippen LogP contribution >= 0.6 is 22.9 Å². The van der Waals surface area contributed by atoms with E-state index in [1.807, 2.05) is 25.2 Å². The molecule has 1 aliphatic heterocycles. The van der Waals surface area contributed by atoms with Crippen molar-refractivity contribution >= 4 is 22.9 Å². The second-order valence-electron chi connectivity index (χ2n) is 4.59. The predicted octanol–water partition coefficient (Wildman–Crippen LogP) is 3.59. The summed E-state index contributed by atoms with van der Waals surface area (Å²) in [6.45, 7) is 0. The third-order valence-electron chi connectivity index (χ3n) is 3.43. The van der Waals surface area contributed by atoms with Crippen LogP contribution in [0.4, 0.5) is 0 Å². The van der Waals surface area contributed by atoms with Crippen LogP contribution in [0.15, 0.2) is 24.4 Å². The lowest BCUT2D eigenvalue weighted by Gasteiger charge is -2.31. The number of methoxy groups -OCH3 is 1. The molecule has 0 amide bonds. The SMILES string of the molecule is CNC1CC(c2ncc(Cl)s2)Oc2cc(OC)ccc21. The van der Waals surface area contributed by atoms with E-state index >= 15 is 0 Å². The van der Waals surface area contributed by atoms with Crippen molar-refractivity contribution in [3.63, 3.8) is 0 Å². The highest BCUT2D eigenvalue weighted by Crippen LogP contribution is 2.43. The molecule has 2 aromatic rings. The smallest absolute Gasteiger partial charge is 0.152 e. The standard InChI is InChI=1S/C14H15ClN2O2S/c1-16-10-6-12(14-17-7-13(15)20-14)19-11-5-8(18-2)3-4-9(10)11/h3-5,7,10,12,16H,6H2,1-2H3. The summed E-state index contributed by atoms with van der Waals surface area (Å²) in [6, 6.07) is 6.14. The van der Waals surface area contributed by atoms with Gasteiger partial charge in [-0.05, 0) is 13.1 Å². The van der Waals surface area contributed by atoms with Crippen LogP contribution in [0.25, 0.3) is 0 Å². The molecule has 2 unspecified atom stereocenters. The molecule has 1 aromatic carbocycles. The molecule has 6 heteroatoms. The summed E-state index contributed by atoms with van der Waals surface area (Å²) in [5.41, 5.74) is 1.15. The monoisotopic (exact) mass is 310 g/mol. The van der Waals surface area contributed by atoms with E-state index in [2.05, 4.69) is 10.3 Å². The maximum absolute atomic E-state index is 6.08. The molecule has 0 saturated carbocycles. The Labute approximate surface area is 126 Å². The minimum atomic E-state index is -0.0791. The molecule has 0 fully saturated rings. The number of benzene rings is 1. The molecule has 2 heterocycles. The zero-order valence-corrected chi connectivity index (χ0v) is 12.8. The van der Waals surface area contributed by atoms with Gasteiger partial charge in [-0.3, -0.25) is 0 Å². The summed E-state index contributed by atoms with van der Waals surface area (Å²) in [7, 11) is 3.61. The van der Waals surface area contributed by atoms with Crippen molar-refractivity contribution in [1.82, 2.24) is 10.3 Å². The van der Waals surface area contributed by atoms with Gasteiger partial charge in [0.1, 0.15) is 20.8 Å². The van der Waals surface area contributed by atoms with Crippen LogP contribution in [0.2, 0.25) is 4.34 Å². The molecule has 0 bridgehead atoms. The van der Waals surface area contributed by atoms with E-state index in [0.717, 1.165) is 28.5 Å². The largest absolute Gasteiger partial charge is 0.497 e. The highest BCUT2D eigenvalue weighted by molar-refractivity contribution is 7.15. The van der Waals surface area contributed by atoms with Gasteiger partial charge in [0.2, 0.25) is 0 Å². The number of rotatable bonds is 3. The summed E-state index contributed by atoms with van der Waals surface area (Å²) in [5, 5.41) is 4.23. The fourth-order valence-electron chi connectivity index (χ4n) is 2.41. The lowest BCUT2D eigenvalue weighted by molar-refractivity contribution is 0.153. The number of hydrogen-bond donors (Lipinski definition) is 1. The Bertz CT molecular complexity index is 617. The number of halogens is 1. The number of nitrogens with zero attached hydrogens (tertiary/aromatic N) is 1. The van der Waals surface area contributed by atoms with Gasteiger partial charge in [-0.2, -0.15) is 0 Å². The molecule has 1 aliphatic rings. The fourth-order valence-corrected chi connectivity index (χ4v) is 3.39. The van der Waals surface area contributed by atoms with Gasteiger partial charge in [-0.1, -0.05) is 17.7 Å². The van der Waals surface area contributed by atoms with Crippen LogP contribution in [-0.4, -0.2) is 19.1 Å². The van der Waals surface area contributed by atoms with Gasteiger partial charge in [-0.25, -0.2) is 4.98 Å². The van der Waals surface area contributed by atoms with Gasteiger partial charge in [0.25, 0.3) is 0 Å². The average molecular weight is 311 g/mol. The first-order valence-corrected chi connectivity index (χ1v) is 7.53. The van der Waals surface area contributed by atoms with Gasteiger partial charge in [0, 0.05) is 24.1 Å². The molecular weight excluding hydrogens is 296 g/mol. The number of nitrogens with one attached hydrogen (secondary N) is 1. The maximum atomic E-state index is 6.08. The first-order chi connectivity index (χ1) is 9.71. The van der Waals surface area contributed by atoms with Gasteiger partial charge < -0.3 is 14.8 Å². The minimum absolute atomic E-state index is 0.0791.